The number of ketones is 1. The van der Waals surface area contributed by atoms with Crippen LogP contribution in [0.3, 0.4) is 0 Å². The van der Waals surface area contributed by atoms with E-state index in [1.165, 1.54) is 9.80 Å². The molecule has 0 atom stereocenters. The van der Waals surface area contributed by atoms with Gasteiger partial charge in [0, 0.05) is 0 Å². The number of hydrogen-bond donors (Lipinski definition) is 2. The maximum Gasteiger partial charge on any atom is 0.181 e. The number of quaternary nitrogens is 2. The summed E-state index contributed by atoms with van der Waals surface area (Å²) < 4.78 is 0. The van der Waals surface area contributed by atoms with Crippen molar-refractivity contribution < 1.29 is 14.6 Å². The molecule has 0 bridgehead atoms. The standard InChI is InChI=1S/C14H22N2O/c1-13(9-8-12-16(4)5)14(17)10-6-7-11-15(2)3/h6-12H,1-5H3/p+2/b10-6+,11-7+,12-8+,13-9+. The van der Waals surface area contributed by atoms with Crippen molar-refractivity contribution in [1.29, 1.82) is 0 Å². The van der Waals surface area contributed by atoms with E-state index < -0.39 is 0 Å². The van der Waals surface area contributed by atoms with E-state index in [9.17, 15) is 4.79 Å². The molecule has 0 radical (unpaired) electrons. The lowest BCUT2D eigenvalue weighted by Gasteiger charge is -1.96. The zero-order valence-corrected chi connectivity index (χ0v) is 11.4. The molecule has 0 spiro atoms. The third-order valence-electron chi connectivity index (χ3n) is 1.95. The molecule has 0 aromatic heterocycles. The van der Waals surface area contributed by atoms with Crippen LogP contribution in [-0.2, 0) is 4.79 Å². The van der Waals surface area contributed by atoms with Gasteiger partial charge >= 0.3 is 0 Å². The quantitative estimate of drug-likeness (QED) is 0.466. The smallest absolute Gasteiger partial charge is 0.181 e. The number of allylic oxidation sites excluding steroid dienone is 6. The SMILES string of the molecule is C/C(=C\C=C\[NH+](C)C)C(=O)/C=C/C=C/[NH+](C)C. The molecule has 17 heavy (non-hydrogen) atoms. The van der Waals surface area contributed by atoms with E-state index in [0.717, 1.165) is 5.57 Å². The van der Waals surface area contributed by atoms with Crippen LogP contribution >= 0.6 is 0 Å². The van der Waals surface area contributed by atoms with Gasteiger partial charge in [-0.2, -0.15) is 0 Å². The molecule has 0 aromatic rings. The normalized spacial score (nSPS) is 13.9. The van der Waals surface area contributed by atoms with Gasteiger partial charge in [0.15, 0.2) is 5.78 Å². The van der Waals surface area contributed by atoms with Crippen LogP contribution in [0.2, 0.25) is 0 Å². The molecule has 94 valence electrons. The molecule has 3 heteroatoms. The molecule has 0 aliphatic heterocycles. The second-order valence-corrected chi connectivity index (χ2v) is 4.45. The molecule has 0 heterocycles. The van der Waals surface area contributed by atoms with Gasteiger partial charge in [-0.15, -0.1) is 0 Å². The Hall–Kier alpha value is -1.45. The summed E-state index contributed by atoms with van der Waals surface area (Å²) in [5.74, 6) is 0.0433. The van der Waals surface area contributed by atoms with E-state index in [-0.39, 0.29) is 5.78 Å². The van der Waals surface area contributed by atoms with Crippen molar-refractivity contribution in [2.75, 3.05) is 28.2 Å². The third-order valence-corrected chi connectivity index (χ3v) is 1.95. The minimum Gasteiger partial charge on any atom is -0.314 e. The highest BCUT2D eigenvalue weighted by Gasteiger charge is 1.96. The van der Waals surface area contributed by atoms with Crippen molar-refractivity contribution in [1.82, 2.24) is 0 Å². The molecule has 0 aliphatic carbocycles. The molecule has 0 unspecified atom stereocenters. The Bertz CT molecular complexity index is 347. The van der Waals surface area contributed by atoms with Crippen LogP contribution in [0.1, 0.15) is 6.92 Å². The highest BCUT2D eigenvalue weighted by atomic mass is 16.1. The van der Waals surface area contributed by atoms with Gasteiger partial charge in [-0.05, 0) is 30.7 Å². The van der Waals surface area contributed by atoms with E-state index in [2.05, 4.69) is 0 Å². The molecule has 0 aromatic carbocycles. The van der Waals surface area contributed by atoms with Crippen LogP contribution in [0.15, 0.2) is 48.4 Å². The fourth-order valence-corrected chi connectivity index (χ4v) is 0.989. The second-order valence-electron chi connectivity index (χ2n) is 4.45. The first kappa shape index (κ1) is 15.6. The van der Waals surface area contributed by atoms with E-state index in [4.69, 9.17) is 0 Å². The van der Waals surface area contributed by atoms with Gasteiger partial charge in [0.25, 0.3) is 0 Å². The molecule has 2 N–H and O–H groups in total. The third kappa shape index (κ3) is 9.48. The Kier molecular flexibility index (Phi) is 7.93. The molecular formula is C14H24N2O+2. The average Bonchev–Trinajstić information content (AvgIpc) is 2.23. The first-order valence-corrected chi connectivity index (χ1v) is 5.78. The fraction of sp³-hybridized carbons (Fsp3) is 0.357. The maximum atomic E-state index is 11.6. The Morgan fingerprint density at radius 1 is 0.882 bits per heavy atom. The summed E-state index contributed by atoms with van der Waals surface area (Å²) in [7, 11) is 8.09. The number of rotatable bonds is 6. The largest absolute Gasteiger partial charge is 0.314 e. The van der Waals surface area contributed by atoms with Gasteiger partial charge < -0.3 is 9.80 Å². The van der Waals surface area contributed by atoms with E-state index >= 15 is 0 Å². The van der Waals surface area contributed by atoms with Crippen LogP contribution in [0, 0.1) is 0 Å². The summed E-state index contributed by atoms with van der Waals surface area (Å²) in [4.78, 5) is 14.1. The molecule has 0 saturated carbocycles. The van der Waals surface area contributed by atoms with Gasteiger partial charge in [-0.25, -0.2) is 0 Å². The molecule has 0 saturated heterocycles. The summed E-state index contributed by atoms with van der Waals surface area (Å²) in [5, 5.41) is 0. The van der Waals surface area contributed by atoms with Crippen LogP contribution in [0.4, 0.5) is 0 Å². The van der Waals surface area contributed by atoms with E-state index in [1.54, 1.807) is 12.2 Å². The zero-order chi connectivity index (χ0) is 13.3. The minimum atomic E-state index is 0.0433. The molecular weight excluding hydrogens is 212 g/mol. The highest BCUT2D eigenvalue weighted by Crippen LogP contribution is 1.96. The molecule has 0 rings (SSSR count). The van der Waals surface area contributed by atoms with E-state index in [0.29, 0.717) is 0 Å². The van der Waals surface area contributed by atoms with Crippen molar-refractivity contribution in [2.45, 2.75) is 6.92 Å². The van der Waals surface area contributed by atoms with Crippen molar-refractivity contribution in [3.63, 3.8) is 0 Å². The fourth-order valence-electron chi connectivity index (χ4n) is 0.989. The van der Waals surface area contributed by atoms with E-state index in [1.807, 2.05) is 65.7 Å². The Balaban J connectivity index is 4.32. The molecule has 0 amide bonds. The summed E-state index contributed by atoms with van der Waals surface area (Å²) >= 11 is 0. The highest BCUT2D eigenvalue weighted by molar-refractivity contribution is 6.03. The number of hydrogen-bond acceptors (Lipinski definition) is 1. The number of carbonyl (C=O) groups excluding carboxylic acids is 1. The zero-order valence-electron chi connectivity index (χ0n) is 11.4. The van der Waals surface area contributed by atoms with Crippen molar-refractivity contribution in [3.05, 3.63) is 48.4 Å². The van der Waals surface area contributed by atoms with Gasteiger partial charge in [0.1, 0.15) is 0 Å². The summed E-state index contributed by atoms with van der Waals surface area (Å²) in [6.07, 6.45) is 12.9. The summed E-state index contributed by atoms with van der Waals surface area (Å²) in [6, 6.07) is 0. The van der Waals surface area contributed by atoms with Gasteiger partial charge in [-0.1, -0.05) is 12.2 Å². The van der Waals surface area contributed by atoms with Crippen molar-refractivity contribution >= 4 is 5.78 Å². The first-order valence-electron chi connectivity index (χ1n) is 5.78. The topological polar surface area (TPSA) is 26.0 Å². The van der Waals surface area contributed by atoms with Gasteiger partial charge in [-0.3, -0.25) is 4.79 Å². The summed E-state index contributed by atoms with van der Waals surface area (Å²) in [5.41, 5.74) is 0.740. The van der Waals surface area contributed by atoms with Crippen LogP contribution < -0.4 is 9.80 Å². The van der Waals surface area contributed by atoms with Crippen LogP contribution in [0.25, 0.3) is 0 Å². The number of carbonyl (C=O) groups is 1. The monoisotopic (exact) mass is 236 g/mol. The van der Waals surface area contributed by atoms with Crippen LogP contribution in [0.5, 0.6) is 0 Å². The van der Waals surface area contributed by atoms with Crippen molar-refractivity contribution in [2.24, 2.45) is 0 Å². The minimum absolute atomic E-state index is 0.0433. The molecule has 0 fully saturated rings. The number of nitrogens with one attached hydrogen (secondary N) is 2. The predicted octanol–water partition coefficient (Wildman–Crippen LogP) is -0.626. The lowest BCUT2D eigenvalue weighted by Crippen LogP contribution is -3.00. The lowest BCUT2D eigenvalue weighted by molar-refractivity contribution is -0.801. The Morgan fingerprint density at radius 2 is 1.41 bits per heavy atom. The van der Waals surface area contributed by atoms with Crippen molar-refractivity contribution in [3.8, 4) is 0 Å². The Labute approximate surface area is 104 Å². The Morgan fingerprint density at radius 3 is 1.94 bits per heavy atom. The lowest BCUT2D eigenvalue weighted by atomic mass is 10.1. The van der Waals surface area contributed by atoms with Crippen LogP contribution in [-0.4, -0.2) is 34.0 Å². The predicted molar refractivity (Wildman–Crippen MR) is 71.8 cm³/mol. The maximum absolute atomic E-state index is 11.6. The molecule has 3 nitrogen and oxygen atoms in total. The molecule has 0 aliphatic rings. The van der Waals surface area contributed by atoms with Gasteiger partial charge in [0.2, 0.25) is 0 Å². The van der Waals surface area contributed by atoms with Gasteiger partial charge in [0.05, 0.1) is 40.6 Å². The summed E-state index contributed by atoms with van der Waals surface area (Å²) in [6.45, 7) is 1.82. The first-order chi connectivity index (χ1) is 7.93. The second kappa shape index (κ2) is 8.67. The average molecular weight is 236 g/mol.